The Morgan fingerprint density at radius 3 is 2.58 bits per heavy atom. The molecule has 0 saturated heterocycles. The van der Waals surface area contributed by atoms with Crippen LogP contribution in [-0.2, 0) is 6.18 Å². The number of alkyl halides is 3. The van der Waals surface area contributed by atoms with Crippen LogP contribution in [0.3, 0.4) is 0 Å². The van der Waals surface area contributed by atoms with Gasteiger partial charge in [0.05, 0.1) is 16.8 Å². The fourth-order valence-corrected chi connectivity index (χ4v) is 2.06. The van der Waals surface area contributed by atoms with Crippen molar-refractivity contribution in [3.05, 3.63) is 52.0 Å². The topological polar surface area (TPSA) is 36.7 Å². The van der Waals surface area contributed by atoms with Crippen molar-refractivity contribution in [2.75, 3.05) is 0 Å². The fraction of sp³-hybridized carbons (Fsp3) is 0.0769. The molecule has 0 aliphatic rings. The number of nitriles is 1. The van der Waals surface area contributed by atoms with Crippen LogP contribution in [0.25, 0.3) is 11.6 Å². The molecule has 0 saturated carbocycles. The van der Waals surface area contributed by atoms with E-state index < -0.39 is 11.7 Å². The van der Waals surface area contributed by atoms with E-state index in [1.807, 2.05) is 23.6 Å². The molecule has 0 aliphatic carbocycles. The Balaban J connectivity index is 2.33. The van der Waals surface area contributed by atoms with Crippen LogP contribution in [0.4, 0.5) is 13.2 Å². The number of hydrogen-bond donors (Lipinski definition) is 0. The predicted molar refractivity (Wildman–Crippen MR) is 67.0 cm³/mol. The summed E-state index contributed by atoms with van der Waals surface area (Å²) < 4.78 is 37.2. The van der Waals surface area contributed by atoms with E-state index in [9.17, 15) is 13.2 Å². The highest BCUT2D eigenvalue weighted by Crippen LogP contribution is 2.29. The lowest BCUT2D eigenvalue weighted by atomic mass is 10.1. The third kappa shape index (κ3) is 3.20. The van der Waals surface area contributed by atoms with E-state index in [0.29, 0.717) is 0 Å². The van der Waals surface area contributed by atoms with Crippen molar-refractivity contribution in [3.63, 3.8) is 0 Å². The van der Waals surface area contributed by atoms with Gasteiger partial charge < -0.3 is 0 Å². The molecule has 0 N–H and O–H groups in total. The lowest BCUT2D eigenvalue weighted by molar-refractivity contribution is -0.137. The number of thiophene rings is 1. The average Bonchev–Trinajstić information content (AvgIpc) is 2.88. The van der Waals surface area contributed by atoms with Gasteiger partial charge in [-0.3, -0.25) is 4.98 Å². The molecule has 2 aromatic rings. The van der Waals surface area contributed by atoms with Gasteiger partial charge in [-0.1, -0.05) is 6.07 Å². The largest absolute Gasteiger partial charge is 0.417 e. The van der Waals surface area contributed by atoms with Crippen LogP contribution in [0.5, 0.6) is 0 Å². The van der Waals surface area contributed by atoms with Crippen molar-refractivity contribution >= 4 is 23.0 Å². The van der Waals surface area contributed by atoms with Gasteiger partial charge in [0, 0.05) is 11.1 Å². The van der Waals surface area contributed by atoms with E-state index in [1.165, 1.54) is 17.4 Å². The zero-order valence-electron chi connectivity index (χ0n) is 9.48. The van der Waals surface area contributed by atoms with E-state index >= 15 is 0 Å². The van der Waals surface area contributed by atoms with Gasteiger partial charge in [-0.05, 0) is 29.7 Å². The standard InChI is InChI=1S/C13H7F3N2S/c14-13(15,16)10-3-4-12(18-8-10)9(7-17)6-11-2-1-5-19-11/h1-6,8H/b9-6-. The maximum absolute atomic E-state index is 12.4. The van der Waals surface area contributed by atoms with Gasteiger partial charge in [-0.2, -0.15) is 18.4 Å². The molecule has 0 unspecified atom stereocenters. The highest BCUT2D eigenvalue weighted by atomic mass is 32.1. The number of allylic oxidation sites excluding steroid dienone is 1. The van der Waals surface area contributed by atoms with Gasteiger partial charge >= 0.3 is 6.18 Å². The number of halogens is 3. The average molecular weight is 280 g/mol. The monoisotopic (exact) mass is 280 g/mol. The molecule has 0 atom stereocenters. The Morgan fingerprint density at radius 1 is 1.32 bits per heavy atom. The summed E-state index contributed by atoms with van der Waals surface area (Å²) in [6, 6.07) is 7.69. The van der Waals surface area contributed by atoms with Crippen LogP contribution in [0, 0.1) is 11.3 Å². The summed E-state index contributed by atoms with van der Waals surface area (Å²) in [7, 11) is 0. The van der Waals surface area contributed by atoms with E-state index in [2.05, 4.69) is 4.98 Å². The summed E-state index contributed by atoms with van der Waals surface area (Å²) in [4.78, 5) is 4.54. The van der Waals surface area contributed by atoms with Crippen LogP contribution in [-0.4, -0.2) is 4.98 Å². The molecule has 0 radical (unpaired) electrons. The van der Waals surface area contributed by atoms with Gasteiger partial charge in [-0.15, -0.1) is 11.3 Å². The molecule has 0 aromatic carbocycles. The Hall–Kier alpha value is -2.13. The quantitative estimate of drug-likeness (QED) is 0.772. The smallest absolute Gasteiger partial charge is 0.255 e. The number of nitrogens with zero attached hydrogens (tertiary/aromatic N) is 2. The van der Waals surface area contributed by atoms with Crippen LogP contribution in [0.2, 0.25) is 0 Å². The Bertz CT molecular complexity index is 619. The molecular formula is C13H7F3N2S. The Morgan fingerprint density at radius 2 is 2.11 bits per heavy atom. The zero-order valence-corrected chi connectivity index (χ0v) is 10.3. The number of hydrogen-bond acceptors (Lipinski definition) is 3. The first-order chi connectivity index (χ1) is 9.00. The molecular weight excluding hydrogens is 273 g/mol. The maximum Gasteiger partial charge on any atom is 0.417 e. The second-order valence-corrected chi connectivity index (χ2v) is 4.59. The van der Waals surface area contributed by atoms with Crippen molar-refractivity contribution in [1.29, 1.82) is 5.26 Å². The van der Waals surface area contributed by atoms with Gasteiger partial charge in [0.25, 0.3) is 0 Å². The van der Waals surface area contributed by atoms with E-state index in [0.717, 1.165) is 17.1 Å². The van der Waals surface area contributed by atoms with Crippen LogP contribution < -0.4 is 0 Å². The molecule has 96 valence electrons. The molecule has 2 nitrogen and oxygen atoms in total. The van der Waals surface area contributed by atoms with Crippen LogP contribution >= 0.6 is 11.3 Å². The van der Waals surface area contributed by atoms with Crippen LogP contribution in [0.15, 0.2) is 35.8 Å². The van der Waals surface area contributed by atoms with Crippen molar-refractivity contribution in [2.24, 2.45) is 0 Å². The minimum Gasteiger partial charge on any atom is -0.255 e. The summed E-state index contributed by atoms with van der Waals surface area (Å²) >= 11 is 1.43. The van der Waals surface area contributed by atoms with Gasteiger partial charge in [-0.25, -0.2) is 0 Å². The minimum atomic E-state index is -4.42. The molecule has 0 fully saturated rings. The predicted octanol–water partition coefficient (Wildman–Crippen LogP) is 4.23. The Kier molecular flexibility index (Phi) is 3.67. The van der Waals surface area contributed by atoms with Crippen molar-refractivity contribution in [3.8, 4) is 6.07 Å². The summed E-state index contributed by atoms with van der Waals surface area (Å²) in [5.74, 6) is 0. The van der Waals surface area contributed by atoms with E-state index in [1.54, 1.807) is 6.08 Å². The highest BCUT2D eigenvalue weighted by molar-refractivity contribution is 7.10. The van der Waals surface area contributed by atoms with Crippen molar-refractivity contribution < 1.29 is 13.2 Å². The number of rotatable bonds is 2. The molecule has 2 rings (SSSR count). The van der Waals surface area contributed by atoms with E-state index in [-0.39, 0.29) is 11.3 Å². The first-order valence-corrected chi connectivity index (χ1v) is 6.07. The van der Waals surface area contributed by atoms with Gasteiger partial charge in [0.1, 0.15) is 6.07 Å². The third-order valence-electron chi connectivity index (χ3n) is 2.32. The van der Waals surface area contributed by atoms with Gasteiger partial charge in [0.2, 0.25) is 0 Å². The highest BCUT2D eigenvalue weighted by Gasteiger charge is 2.30. The minimum absolute atomic E-state index is 0.226. The first kappa shape index (κ1) is 13.3. The second kappa shape index (κ2) is 5.24. The van der Waals surface area contributed by atoms with Gasteiger partial charge in [0.15, 0.2) is 0 Å². The van der Waals surface area contributed by atoms with Crippen molar-refractivity contribution in [1.82, 2.24) is 4.98 Å². The summed E-state index contributed by atoms with van der Waals surface area (Å²) in [6.45, 7) is 0. The Labute approximate surface area is 111 Å². The first-order valence-electron chi connectivity index (χ1n) is 5.19. The summed E-state index contributed by atoms with van der Waals surface area (Å²) in [5, 5.41) is 10.9. The normalized spacial score (nSPS) is 12.2. The SMILES string of the molecule is N#C/C(=C/c1cccs1)c1ccc(C(F)(F)F)cn1. The second-order valence-electron chi connectivity index (χ2n) is 3.62. The van der Waals surface area contributed by atoms with Crippen LogP contribution in [0.1, 0.15) is 16.1 Å². The third-order valence-corrected chi connectivity index (χ3v) is 3.14. The summed E-state index contributed by atoms with van der Waals surface area (Å²) in [5.41, 5.74) is -0.371. The lowest BCUT2D eigenvalue weighted by Crippen LogP contribution is -2.05. The molecule has 2 heterocycles. The maximum atomic E-state index is 12.4. The molecule has 2 aromatic heterocycles. The molecule has 0 amide bonds. The molecule has 6 heteroatoms. The van der Waals surface area contributed by atoms with Crippen molar-refractivity contribution in [2.45, 2.75) is 6.18 Å². The number of pyridine rings is 1. The summed E-state index contributed by atoms with van der Waals surface area (Å²) in [6.07, 6.45) is -2.09. The molecule has 0 aliphatic heterocycles. The zero-order chi connectivity index (χ0) is 13.9. The van der Waals surface area contributed by atoms with E-state index in [4.69, 9.17) is 5.26 Å². The molecule has 0 spiro atoms. The number of aromatic nitrogens is 1. The lowest BCUT2D eigenvalue weighted by Gasteiger charge is -2.06. The molecule has 19 heavy (non-hydrogen) atoms. The fourth-order valence-electron chi connectivity index (χ4n) is 1.40. The molecule has 0 bridgehead atoms.